The standard InChI is InChI=1S/C29H16ClNS/c30-29-28-25-16-18(10-12-26(25)32-27(28)13-14-31-29)17-9-11-23-21-7-2-1-5-19(21)20-6-3-4-8-22(20)24(23)15-17/h1-16H. The Morgan fingerprint density at radius 2 is 1.09 bits per heavy atom. The fourth-order valence-electron chi connectivity index (χ4n) is 4.95. The van der Waals surface area contributed by atoms with Gasteiger partial charge in [0.1, 0.15) is 5.15 Å². The first-order valence-corrected chi connectivity index (χ1v) is 11.8. The maximum Gasteiger partial charge on any atom is 0.138 e. The first-order chi connectivity index (χ1) is 15.8. The molecule has 0 aliphatic rings. The minimum absolute atomic E-state index is 0.571. The Morgan fingerprint density at radius 3 is 1.78 bits per heavy atom. The molecule has 0 aliphatic heterocycles. The molecular formula is C29H16ClNS. The van der Waals surface area contributed by atoms with E-state index in [-0.39, 0.29) is 0 Å². The largest absolute Gasteiger partial charge is 0.244 e. The maximum absolute atomic E-state index is 6.47. The lowest BCUT2D eigenvalue weighted by Crippen LogP contribution is -1.85. The van der Waals surface area contributed by atoms with Gasteiger partial charge in [-0.15, -0.1) is 11.3 Å². The number of fused-ring (bicyclic) bond motifs is 9. The van der Waals surface area contributed by atoms with Gasteiger partial charge in [0, 0.05) is 26.4 Å². The molecular weight excluding hydrogens is 430 g/mol. The number of aromatic nitrogens is 1. The number of rotatable bonds is 1. The molecule has 150 valence electrons. The van der Waals surface area contributed by atoms with E-state index < -0.39 is 0 Å². The Kier molecular flexibility index (Phi) is 3.84. The third-order valence-electron chi connectivity index (χ3n) is 6.41. The van der Waals surface area contributed by atoms with E-state index in [0.29, 0.717) is 5.15 Å². The van der Waals surface area contributed by atoms with Crippen molar-refractivity contribution in [2.24, 2.45) is 0 Å². The number of thiophene rings is 1. The van der Waals surface area contributed by atoms with Crippen LogP contribution in [0.1, 0.15) is 0 Å². The Bertz CT molecular complexity index is 1810. The van der Waals surface area contributed by atoms with E-state index in [9.17, 15) is 0 Å². The highest BCUT2D eigenvalue weighted by Gasteiger charge is 2.12. The second-order valence-electron chi connectivity index (χ2n) is 8.14. The van der Waals surface area contributed by atoms with Gasteiger partial charge in [-0.25, -0.2) is 4.98 Å². The highest BCUT2D eigenvalue weighted by atomic mass is 35.5. The van der Waals surface area contributed by atoms with Crippen molar-refractivity contribution in [1.29, 1.82) is 0 Å². The maximum atomic E-state index is 6.47. The predicted octanol–water partition coefficient (Wildman–Crippen LogP) is 9.23. The van der Waals surface area contributed by atoms with Gasteiger partial charge < -0.3 is 0 Å². The Hall–Kier alpha value is -3.46. The zero-order valence-electron chi connectivity index (χ0n) is 17.0. The second kappa shape index (κ2) is 6.77. The van der Waals surface area contributed by atoms with Crippen LogP contribution in [0.3, 0.4) is 0 Å². The molecule has 0 fully saturated rings. The fourth-order valence-corrected chi connectivity index (χ4v) is 6.35. The quantitative estimate of drug-likeness (QED) is 0.181. The van der Waals surface area contributed by atoms with Crippen molar-refractivity contribution in [2.45, 2.75) is 0 Å². The van der Waals surface area contributed by atoms with Crippen LogP contribution in [0.25, 0.3) is 63.6 Å². The zero-order valence-corrected chi connectivity index (χ0v) is 18.5. The molecule has 0 N–H and O–H groups in total. The molecule has 32 heavy (non-hydrogen) atoms. The van der Waals surface area contributed by atoms with Gasteiger partial charge in [0.15, 0.2) is 0 Å². The van der Waals surface area contributed by atoms with Crippen LogP contribution >= 0.6 is 22.9 Å². The lowest BCUT2D eigenvalue weighted by molar-refractivity contribution is 1.37. The molecule has 2 heterocycles. The van der Waals surface area contributed by atoms with Crippen molar-refractivity contribution < 1.29 is 0 Å². The number of benzene rings is 5. The van der Waals surface area contributed by atoms with Gasteiger partial charge in [-0.3, -0.25) is 0 Å². The molecule has 0 aliphatic carbocycles. The van der Waals surface area contributed by atoms with Gasteiger partial charge in [0.05, 0.1) is 0 Å². The predicted molar refractivity (Wildman–Crippen MR) is 140 cm³/mol. The summed E-state index contributed by atoms with van der Waals surface area (Å²) in [5.74, 6) is 0. The van der Waals surface area contributed by atoms with Crippen LogP contribution in [0.5, 0.6) is 0 Å². The van der Waals surface area contributed by atoms with Crippen LogP contribution in [0, 0.1) is 0 Å². The van der Waals surface area contributed by atoms with Gasteiger partial charge in [-0.2, -0.15) is 0 Å². The first-order valence-electron chi connectivity index (χ1n) is 10.6. The molecule has 0 saturated heterocycles. The molecule has 7 rings (SSSR count). The Balaban J connectivity index is 1.54. The van der Waals surface area contributed by atoms with E-state index in [4.69, 9.17) is 11.6 Å². The summed E-state index contributed by atoms with van der Waals surface area (Å²) in [7, 11) is 0. The van der Waals surface area contributed by atoms with Crippen molar-refractivity contribution in [1.82, 2.24) is 4.98 Å². The van der Waals surface area contributed by atoms with Crippen molar-refractivity contribution in [3.05, 3.63) is 102 Å². The van der Waals surface area contributed by atoms with Gasteiger partial charge in [0.2, 0.25) is 0 Å². The fraction of sp³-hybridized carbons (Fsp3) is 0. The van der Waals surface area contributed by atoms with Crippen LogP contribution in [0.15, 0.2) is 97.2 Å². The summed E-state index contributed by atoms with van der Waals surface area (Å²) in [6.45, 7) is 0. The summed E-state index contributed by atoms with van der Waals surface area (Å²) in [5.41, 5.74) is 2.40. The summed E-state index contributed by atoms with van der Waals surface area (Å²) < 4.78 is 2.41. The van der Waals surface area contributed by atoms with Crippen molar-refractivity contribution >= 4 is 75.4 Å². The average molecular weight is 446 g/mol. The summed E-state index contributed by atoms with van der Waals surface area (Å²) in [5, 5.41) is 10.5. The molecule has 7 aromatic rings. The Morgan fingerprint density at radius 1 is 0.531 bits per heavy atom. The van der Waals surface area contributed by atoms with E-state index in [0.717, 1.165) is 5.39 Å². The van der Waals surface area contributed by atoms with Crippen LogP contribution in [-0.2, 0) is 0 Å². The summed E-state index contributed by atoms with van der Waals surface area (Å²) >= 11 is 8.23. The molecule has 0 amide bonds. The smallest absolute Gasteiger partial charge is 0.138 e. The molecule has 0 radical (unpaired) electrons. The molecule has 5 aromatic carbocycles. The molecule has 3 heteroatoms. The number of pyridine rings is 1. The van der Waals surface area contributed by atoms with E-state index in [1.807, 2.05) is 6.07 Å². The minimum Gasteiger partial charge on any atom is -0.244 e. The van der Waals surface area contributed by atoms with Crippen LogP contribution in [0.2, 0.25) is 5.15 Å². The van der Waals surface area contributed by atoms with Gasteiger partial charge in [-0.1, -0.05) is 78.3 Å². The van der Waals surface area contributed by atoms with E-state index >= 15 is 0 Å². The topological polar surface area (TPSA) is 12.9 Å². The number of hydrogen-bond donors (Lipinski definition) is 0. The molecule has 2 aromatic heterocycles. The molecule has 0 bridgehead atoms. The normalized spacial score (nSPS) is 11.9. The summed E-state index contributed by atoms with van der Waals surface area (Å²) in [6, 6.07) is 32.9. The minimum atomic E-state index is 0.571. The molecule has 1 nitrogen and oxygen atoms in total. The third-order valence-corrected chi connectivity index (χ3v) is 7.84. The lowest BCUT2D eigenvalue weighted by atomic mass is 9.92. The van der Waals surface area contributed by atoms with Gasteiger partial charge in [0.25, 0.3) is 0 Å². The van der Waals surface area contributed by atoms with Crippen molar-refractivity contribution in [3.63, 3.8) is 0 Å². The highest BCUT2D eigenvalue weighted by Crippen LogP contribution is 2.40. The van der Waals surface area contributed by atoms with Crippen LogP contribution in [0.4, 0.5) is 0 Å². The van der Waals surface area contributed by atoms with Gasteiger partial charge >= 0.3 is 0 Å². The van der Waals surface area contributed by atoms with E-state index in [2.05, 4.69) is 89.9 Å². The zero-order chi connectivity index (χ0) is 21.2. The lowest BCUT2D eigenvalue weighted by Gasteiger charge is -2.12. The number of halogens is 1. The number of hydrogen-bond acceptors (Lipinski definition) is 2. The third kappa shape index (κ3) is 2.54. The van der Waals surface area contributed by atoms with Gasteiger partial charge in [-0.05, 0) is 67.7 Å². The number of nitrogens with zero attached hydrogens (tertiary/aromatic N) is 1. The van der Waals surface area contributed by atoms with E-state index in [1.165, 1.54) is 58.2 Å². The SMILES string of the molecule is Clc1nccc2sc3ccc(-c4ccc5c6ccccc6c6ccccc6c5c4)cc3c12. The van der Waals surface area contributed by atoms with Crippen LogP contribution < -0.4 is 0 Å². The average Bonchev–Trinajstić information content (AvgIpc) is 3.23. The monoisotopic (exact) mass is 445 g/mol. The van der Waals surface area contributed by atoms with Crippen molar-refractivity contribution in [2.75, 3.05) is 0 Å². The first kappa shape index (κ1) is 18.1. The van der Waals surface area contributed by atoms with Crippen LogP contribution in [-0.4, -0.2) is 4.98 Å². The summed E-state index contributed by atoms with van der Waals surface area (Å²) in [4.78, 5) is 4.31. The molecule has 0 saturated carbocycles. The molecule has 0 spiro atoms. The van der Waals surface area contributed by atoms with E-state index in [1.54, 1.807) is 17.5 Å². The second-order valence-corrected chi connectivity index (χ2v) is 9.58. The van der Waals surface area contributed by atoms with Crippen molar-refractivity contribution in [3.8, 4) is 11.1 Å². The summed E-state index contributed by atoms with van der Waals surface area (Å²) in [6.07, 6.45) is 1.78. The Labute approximate surface area is 193 Å². The highest BCUT2D eigenvalue weighted by molar-refractivity contribution is 7.25. The molecule has 0 atom stereocenters. The molecule has 0 unspecified atom stereocenters.